The summed E-state index contributed by atoms with van der Waals surface area (Å²) in [6.07, 6.45) is 2.65. The zero-order valence-corrected chi connectivity index (χ0v) is 8.00. The first-order valence-electron chi connectivity index (χ1n) is 4.63. The third-order valence-electron chi connectivity index (χ3n) is 2.20. The van der Waals surface area contributed by atoms with Gasteiger partial charge in [0.1, 0.15) is 5.82 Å². The summed E-state index contributed by atoms with van der Waals surface area (Å²) in [5, 5.41) is 4.96. The molecule has 2 aromatic rings. The second-order valence-corrected chi connectivity index (χ2v) is 3.30. The van der Waals surface area contributed by atoms with Gasteiger partial charge in [-0.2, -0.15) is 5.10 Å². The molecule has 2 N–H and O–H groups in total. The summed E-state index contributed by atoms with van der Waals surface area (Å²) >= 11 is 0. The highest BCUT2D eigenvalue weighted by Crippen LogP contribution is 2.20. The molecule has 3 nitrogen and oxygen atoms in total. The van der Waals surface area contributed by atoms with Crippen LogP contribution in [0, 0.1) is 5.82 Å². The Morgan fingerprint density at radius 2 is 2.29 bits per heavy atom. The van der Waals surface area contributed by atoms with E-state index in [0.29, 0.717) is 0 Å². The number of halogens is 1. The van der Waals surface area contributed by atoms with Gasteiger partial charge in [0.15, 0.2) is 0 Å². The van der Waals surface area contributed by atoms with Crippen LogP contribution in [0.1, 0.15) is 13.3 Å². The Labute approximate surface area is 81.3 Å². The number of nitrogens with two attached hydrogens (primary N) is 1. The Morgan fingerprint density at radius 1 is 1.50 bits per heavy atom. The Morgan fingerprint density at radius 3 is 3.00 bits per heavy atom. The lowest BCUT2D eigenvalue weighted by Crippen LogP contribution is -1.99. The Bertz CT molecular complexity index is 462. The number of anilines is 1. The number of hydrogen-bond donors (Lipinski definition) is 1. The molecule has 4 heteroatoms. The van der Waals surface area contributed by atoms with Crippen LogP contribution < -0.4 is 5.73 Å². The maximum atomic E-state index is 13.1. The number of benzene rings is 1. The van der Waals surface area contributed by atoms with Crippen LogP contribution in [0.15, 0.2) is 18.3 Å². The van der Waals surface area contributed by atoms with Crippen molar-refractivity contribution in [2.45, 2.75) is 19.9 Å². The lowest BCUT2D eigenvalue weighted by Gasteiger charge is -2.01. The summed E-state index contributed by atoms with van der Waals surface area (Å²) in [7, 11) is 0. The highest BCUT2D eigenvalue weighted by molar-refractivity contribution is 5.82. The van der Waals surface area contributed by atoms with Crippen molar-refractivity contribution < 1.29 is 4.39 Å². The lowest BCUT2D eigenvalue weighted by atomic mass is 10.2. The maximum Gasteiger partial charge on any atom is 0.146 e. The van der Waals surface area contributed by atoms with Gasteiger partial charge in [0.25, 0.3) is 0 Å². The molecule has 0 amide bonds. The minimum atomic E-state index is -0.381. The predicted octanol–water partition coefficient (Wildman–Crippen LogP) is 2.17. The quantitative estimate of drug-likeness (QED) is 0.743. The molecule has 0 atom stereocenters. The van der Waals surface area contributed by atoms with E-state index in [1.54, 1.807) is 12.3 Å². The summed E-state index contributed by atoms with van der Waals surface area (Å²) in [5.74, 6) is -0.381. The van der Waals surface area contributed by atoms with Crippen LogP contribution in [-0.4, -0.2) is 9.78 Å². The first kappa shape index (κ1) is 8.99. The SMILES string of the molecule is CCCn1ncc2cc(F)c(N)cc21. The molecule has 2 rings (SSSR count). The Balaban J connectivity index is 2.61. The van der Waals surface area contributed by atoms with E-state index in [4.69, 9.17) is 5.73 Å². The summed E-state index contributed by atoms with van der Waals surface area (Å²) in [6, 6.07) is 3.05. The maximum absolute atomic E-state index is 13.1. The van der Waals surface area contributed by atoms with Crippen molar-refractivity contribution in [2.75, 3.05) is 5.73 Å². The van der Waals surface area contributed by atoms with Gasteiger partial charge in [-0.3, -0.25) is 4.68 Å². The number of fused-ring (bicyclic) bond motifs is 1. The third-order valence-corrected chi connectivity index (χ3v) is 2.20. The van der Waals surface area contributed by atoms with E-state index in [1.165, 1.54) is 6.07 Å². The number of rotatable bonds is 2. The predicted molar refractivity (Wildman–Crippen MR) is 54.4 cm³/mol. The van der Waals surface area contributed by atoms with Gasteiger partial charge in [-0.1, -0.05) is 6.92 Å². The van der Waals surface area contributed by atoms with E-state index >= 15 is 0 Å². The fraction of sp³-hybridized carbons (Fsp3) is 0.300. The van der Waals surface area contributed by atoms with Crippen molar-refractivity contribution in [1.29, 1.82) is 0 Å². The van der Waals surface area contributed by atoms with Crippen molar-refractivity contribution in [3.8, 4) is 0 Å². The molecule has 1 heterocycles. The van der Waals surface area contributed by atoms with Crippen molar-refractivity contribution >= 4 is 16.6 Å². The van der Waals surface area contributed by atoms with Gasteiger partial charge in [-0.25, -0.2) is 4.39 Å². The van der Waals surface area contributed by atoms with Gasteiger partial charge >= 0.3 is 0 Å². The minimum Gasteiger partial charge on any atom is -0.396 e. The van der Waals surface area contributed by atoms with Gasteiger partial charge in [0.05, 0.1) is 17.4 Å². The highest BCUT2D eigenvalue weighted by Gasteiger charge is 2.05. The molecule has 0 saturated carbocycles. The van der Waals surface area contributed by atoms with E-state index in [-0.39, 0.29) is 11.5 Å². The molecule has 1 aromatic heterocycles. The zero-order chi connectivity index (χ0) is 10.1. The highest BCUT2D eigenvalue weighted by atomic mass is 19.1. The first-order valence-corrected chi connectivity index (χ1v) is 4.63. The molecule has 0 bridgehead atoms. The molecule has 0 aliphatic carbocycles. The van der Waals surface area contributed by atoms with Crippen LogP contribution in [0.2, 0.25) is 0 Å². The number of aromatic nitrogens is 2. The van der Waals surface area contributed by atoms with E-state index in [1.807, 2.05) is 4.68 Å². The van der Waals surface area contributed by atoms with E-state index in [9.17, 15) is 4.39 Å². The standard InChI is InChI=1S/C10H12FN3/c1-2-3-14-10-5-9(12)8(11)4-7(10)6-13-14/h4-6H,2-3,12H2,1H3. The van der Waals surface area contributed by atoms with Crippen molar-refractivity contribution in [3.05, 3.63) is 24.1 Å². The van der Waals surface area contributed by atoms with Crippen LogP contribution in [0.3, 0.4) is 0 Å². The van der Waals surface area contributed by atoms with E-state index < -0.39 is 0 Å². The fourth-order valence-electron chi connectivity index (χ4n) is 1.50. The monoisotopic (exact) mass is 193 g/mol. The largest absolute Gasteiger partial charge is 0.396 e. The topological polar surface area (TPSA) is 43.8 Å². The minimum absolute atomic E-state index is 0.176. The Kier molecular flexibility index (Phi) is 2.11. The molecule has 0 unspecified atom stereocenters. The zero-order valence-electron chi connectivity index (χ0n) is 8.00. The van der Waals surface area contributed by atoms with Crippen LogP contribution in [0.4, 0.5) is 10.1 Å². The first-order chi connectivity index (χ1) is 6.72. The molecule has 0 radical (unpaired) electrons. The average Bonchev–Trinajstić information content (AvgIpc) is 2.51. The molecule has 14 heavy (non-hydrogen) atoms. The molecule has 0 spiro atoms. The lowest BCUT2D eigenvalue weighted by molar-refractivity contribution is 0.620. The smallest absolute Gasteiger partial charge is 0.146 e. The third kappa shape index (κ3) is 1.32. The molecular weight excluding hydrogens is 181 g/mol. The van der Waals surface area contributed by atoms with Gasteiger partial charge < -0.3 is 5.73 Å². The Hall–Kier alpha value is -1.58. The van der Waals surface area contributed by atoms with Gasteiger partial charge in [0.2, 0.25) is 0 Å². The summed E-state index contributed by atoms with van der Waals surface area (Å²) in [6.45, 7) is 2.90. The molecule has 0 aliphatic heterocycles. The van der Waals surface area contributed by atoms with E-state index in [0.717, 1.165) is 23.9 Å². The van der Waals surface area contributed by atoms with Crippen molar-refractivity contribution in [1.82, 2.24) is 9.78 Å². The van der Waals surface area contributed by atoms with E-state index in [2.05, 4.69) is 12.0 Å². The van der Waals surface area contributed by atoms with Crippen LogP contribution >= 0.6 is 0 Å². The van der Waals surface area contributed by atoms with Crippen LogP contribution in [0.25, 0.3) is 10.9 Å². The molecule has 74 valence electrons. The van der Waals surface area contributed by atoms with Gasteiger partial charge in [0, 0.05) is 11.9 Å². The fourth-order valence-corrected chi connectivity index (χ4v) is 1.50. The molecule has 0 saturated heterocycles. The van der Waals surface area contributed by atoms with Crippen molar-refractivity contribution in [3.63, 3.8) is 0 Å². The van der Waals surface area contributed by atoms with Gasteiger partial charge in [-0.05, 0) is 18.6 Å². The number of nitrogens with zero attached hydrogens (tertiary/aromatic N) is 2. The number of nitrogen functional groups attached to an aromatic ring is 1. The second-order valence-electron chi connectivity index (χ2n) is 3.30. The van der Waals surface area contributed by atoms with Crippen LogP contribution in [-0.2, 0) is 6.54 Å². The second kappa shape index (κ2) is 3.29. The molecule has 0 aliphatic rings. The number of aryl methyl sites for hydroxylation is 1. The number of hydrogen-bond acceptors (Lipinski definition) is 2. The van der Waals surface area contributed by atoms with Gasteiger partial charge in [-0.15, -0.1) is 0 Å². The molecular formula is C10H12FN3. The molecule has 0 fully saturated rings. The summed E-state index contributed by atoms with van der Waals surface area (Å²) in [5.41, 5.74) is 6.56. The summed E-state index contributed by atoms with van der Waals surface area (Å²) < 4.78 is 14.9. The van der Waals surface area contributed by atoms with Crippen LogP contribution in [0.5, 0.6) is 0 Å². The van der Waals surface area contributed by atoms with Crippen molar-refractivity contribution in [2.24, 2.45) is 0 Å². The summed E-state index contributed by atoms with van der Waals surface area (Å²) in [4.78, 5) is 0. The molecule has 1 aromatic carbocycles. The average molecular weight is 193 g/mol. The normalized spacial score (nSPS) is 11.0.